The summed E-state index contributed by atoms with van der Waals surface area (Å²) in [6.07, 6.45) is 1.48. The van der Waals surface area contributed by atoms with Gasteiger partial charge < -0.3 is 5.11 Å². The van der Waals surface area contributed by atoms with Gasteiger partial charge in [0.2, 0.25) is 0 Å². The molecule has 1 aromatic heterocycles. The quantitative estimate of drug-likeness (QED) is 0.644. The van der Waals surface area contributed by atoms with E-state index in [9.17, 15) is 14.3 Å². The molecule has 1 atom stereocenters. The second-order valence-electron chi connectivity index (χ2n) is 6.23. The van der Waals surface area contributed by atoms with Crippen LogP contribution in [0.4, 0.5) is 4.39 Å². The monoisotopic (exact) mass is 446 g/mol. The first-order valence-electron chi connectivity index (χ1n) is 8.10. The summed E-state index contributed by atoms with van der Waals surface area (Å²) in [7, 11) is 0. The number of carbonyl (C=O) groups excluding carboxylic acids is 1. The second kappa shape index (κ2) is 6.71. The molecule has 7 heteroatoms. The summed E-state index contributed by atoms with van der Waals surface area (Å²) in [5.41, 5.74) is 0.0520. The third-order valence-electron chi connectivity index (χ3n) is 4.58. The molecule has 4 nitrogen and oxygen atoms in total. The lowest BCUT2D eigenvalue weighted by Gasteiger charge is -2.34. The molecule has 4 rings (SSSR count). The Bertz CT molecular complexity index is 1030. The number of nitrogens with zero attached hydrogens (tertiary/aromatic N) is 2. The van der Waals surface area contributed by atoms with Crippen molar-refractivity contribution >= 4 is 33.4 Å². The number of rotatable bonds is 3. The minimum atomic E-state index is -1.73. The van der Waals surface area contributed by atoms with E-state index < -0.39 is 11.5 Å². The van der Waals surface area contributed by atoms with E-state index in [4.69, 9.17) is 11.6 Å². The molecular weight excluding hydrogens is 435 g/mol. The molecule has 0 spiro atoms. The van der Waals surface area contributed by atoms with E-state index >= 15 is 0 Å². The zero-order chi connectivity index (χ0) is 19.2. The summed E-state index contributed by atoms with van der Waals surface area (Å²) in [4.78, 5) is 18.6. The molecule has 0 aliphatic carbocycles. The lowest BCUT2D eigenvalue weighted by atomic mass is 9.93. The number of hydrogen-bond donors (Lipinski definition) is 1. The van der Waals surface area contributed by atoms with Gasteiger partial charge in [0.05, 0.1) is 17.3 Å². The maximum Gasteiger partial charge on any atom is 0.257 e. The number of hydrogen-bond acceptors (Lipinski definition) is 3. The van der Waals surface area contributed by atoms with E-state index in [1.807, 2.05) is 0 Å². The number of pyridine rings is 1. The van der Waals surface area contributed by atoms with Crippen molar-refractivity contribution in [2.45, 2.75) is 12.3 Å². The van der Waals surface area contributed by atoms with Gasteiger partial charge in [-0.1, -0.05) is 45.7 Å². The molecule has 0 saturated heterocycles. The molecule has 1 aliphatic heterocycles. The smallest absolute Gasteiger partial charge is 0.257 e. The Morgan fingerprint density at radius 1 is 1.15 bits per heavy atom. The van der Waals surface area contributed by atoms with E-state index in [2.05, 4.69) is 20.9 Å². The molecule has 0 radical (unpaired) electrons. The Balaban J connectivity index is 1.86. The topological polar surface area (TPSA) is 53.4 Å². The highest BCUT2D eigenvalue weighted by molar-refractivity contribution is 9.10. The number of amides is 1. The van der Waals surface area contributed by atoms with Crippen LogP contribution in [-0.4, -0.2) is 20.9 Å². The minimum Gasteiger partial charge on any atom is -0.363 e. The summed E-state index contributed by atoms with van der Waals surface area (Å²) in [5.74, 6) is -0.761. The predicted octanol–water partition coefficient (Wildman–Crippen LogP) is 4.49. The maximum absolute atomic E-state index is 13.4. The van der Waals surface area contributed by atoms with E-state index in [1.54, 1.807) is 30.3 Å². The fraction of sp³-hybridized carbons (Fsp3) is 0.100. The van der Waals surface area contributed by atoms with Crippen LogP contribution < -0.4 is 0 Å². The summed E-state index contributed by atoms with van der Waals surface area (Å²) in [6.45, 7) is 0.0657. The van der Waals surface area contributed by atoms with Crippen LogP contribution in [0.25, 0.3) is 0 Å². The van der Waals surface area contributed by atoms with Crippen LogP contribution in [-0.2, 0) is 12.3 Å². The summed E-state index contributed by atoms with van der Waals surface area (Å²) < 4.78 is 14.1. The maximum atomic E-state index is 13.4. The van der Waals surface area contributed by atoms with E-state index in [1.165, 1.54) is 35.4 Å². The van der Waals surface area contributed by atoms with E-state index in [0.29, 0.717) is 27.4 Å². The Labute approximate surface area is 168 Å². The highest BCUT2D eigenvalue weighted by Gasteiger charge is 2.50. The second-order valence-corrected chi connectivity index (χ2v) is 7.58. The van der Waals surface area contributed by atoms with Crippen LogP contribution in [0.5, 0.6) is 0 Å². The first-order chi connectivity index (χ1) is 12.9. The van der Waals surface area contributed by atoms with Crippen molar-refractivity contribution in [1.82, 2.24) is 9.88 Å². The van der Waals surface area contributed by atoms with Crippen LogP contribution in [0, 0.1) is 5.82 Å². The molecule has 0 bridgehead atoms. The van der Waals surface area contributed by atoms with E-state index in [0.717, 1.165) is 4.47 Å². The van der Waals surface area contributed by atoms with Crippen molar-refractivity contribution in [1.29, 1.82) is 0 Å². The van der Waals surface area contributed by atoms with Gasteiger partial charge >= 0.3 is 0 Å². The first-order valence-corrected chi connectivity index (χ1v) is 9.27. The SMILES string of the molecule is O=C1c2cc(Br)ccc2C(O)(c2ccc(F)cc2)N1Cc1ccc(Cl)cn1. The number of benzene rings is 2. The lowest BCUT2D eigenvalue weighted by molar-refractivity contribution is -0.0548. The van der Waals surface area contributed by atoms with Gasteiger partial charge in [0.15, 0.2) is 5.72 Å². The molecule has 136 valence electrons. The summed E-state index contributed by atoms with van der Waals surface area (Å²) >= 11 is 9.24. The standard InChI is InChI=1S/C20H13BrClFN2O2/c21-13-3-8-18-17(9-13)19(26)25(11-16-7-4-14(22)10-24-16)20(18,27)12-1-5-15(23)6-2-12/h1-10,27H,11H2. The van der Waals surface area contributed by atoms with Crippen LogP contribution in [0.2, 0.25) is 5.02 Å². The van der Waals surface area contributed by atoms with Gasteiger partial charge in [-0.3, -0.25) is 14.7 Å². The molecule has 3 aromatic rings. The van der Waals surface area contributed by atoms with E-state index in [-0.39, 0.29) is 12.5 Å². The molecule has 1 unspecified atom stereocenters. The average molecular weight is 448 g/mol. The van der Waals surface area contributed by atoms with Gasteiger partial charge in [0.25, 0.3) is 5.91 Å². The molecule has 0 saturated carbocycles. The van der Waals surface area contributed by atoms with Gasteiger partial charge in [-0.15, -0.1) is 0 Å². The van der Waals surface area contributed by atoms with Crippen molar-refractivity contribution in [2.75, 3.05) is 0 Å². The Morgan fingerprint density at radius 3 is 2.56 bits per heavy atom. The van der Waals surface area contributed by atoms with Gasteiger partial charge in [0, 0.05) is 27.4 Å². The van der Waals surface area contributed by atoms with Crippen molar-refractivity contribution in [3.8, 4) is 0 Å². The third kappa shape index (κ3) is 3.04. The van der Waals surface area contributed by atoms with Crippen LogP contribution in [0.3, 0.4) is 0 Å². The zero-order valence-electron chi connectivity index (χ0n) is 13.9. The molecule has 1 amide bonds. The fourth-order valence-electron chi connectivity index (χ4n) is 3.28. The molecular formula is C20H13BrClFN2O2. The van der Waals surface area contributed by atoms with Gasteiger partial charge in [0.1, 0.15) is 5.82 Å². The van der Waals surface area contributed by atoms with Crippen molar-refractivity contribution in [3.63, 3.8) is 0 Å². The van der Waals surface area contributed by atoms with Crippen molar-refractivity contribution < 1.29 is 14.3 Å². The average Bonchev–Trinajstić information content (AvgIpc) is 2.86. The fourth-order valence-corrected chi connectivity index (χ4v) is 3.75. The van der Waals surface area contributed by atoms with Crippen molar-refractivity contribution in [2.24, 2.45) is 0 Å². The Kier molecular flexibility index (Phi) is 4.50. The third-order valence-corrected chi connectivity index (χ3v) is 5.30. The Hall–Kier alpha value is -2.28. The minimum absolute atomic E-state index is 0.0657. The van der Waals surface area contributed by atoms with Gasteiger partial charge in [-0.25, -0.2) is 4.39 Å². The van der Waals surface area contributed by atoms with Crippen LogP contribution in [0.15, 0.2) is 65.3 Å². The highest BCUT2D eigenvalue weighted by Crippen LogP contribution is 2.43. The molecule has 1 N–H and O–H groups in total. The first kappa shape index (κ1) is 18.1. The predicted molar refractivity (Wildman–Crippen MR) is 103 cm³/mol. The molecule has 2 heterocycles. The molecule has 1 aliphatic rings. The molecule has 27 heavy (non-hydrogen) atoms. The summed E-state index contributed by atoms with van der Waals surface area (Å²) in [5, 5.41) is 12.1. The van der Waals surface area contributed by atoms with Gasteiger partial charge in [-0.2, -0.15) is 0 Å². The Morgan fingerprint density at radius 2 is 1.89 bits per heavy atom. The highest BCUT2D eigenvalue weighted by atomic mass is 79.9. The number of fused-ring (bicyclic) bond motifs is 1. The number of aromatic nitrogens is 1. The zero-order valence-corrected chi connectivity index (χ0v) is 16.2. The van der Waals surface area contributed by atoms with Crippen LogP contribution in [0.1, 0.15) is 27.2 Å². The normalized spacial score (nSPS) is 18.7. The number of aliphatic hydroxyl groups is 1. The molecule has 2 aromatic carbocycles. The number of halogens is 3. The van der Waals surface area contributed by atoms with Gasteiger partial charge in [-0.05, 0) is 36.4 Å². The van der Waals surface area contributed by atoms with Crippen molar-refractivity contribution in [3.05, 3.63) is 98.5 Å². The summed E-state index contributed by atoms with van der Waals surface area (Å²) in [6, 6.07) is 13.9. The largest absolute Gasteiger partial charge is 0.363 e. The van der Waals surface area contributed by atoms with Crippen LogP contribution >= 0.6 is 27.5 Å². The lowest BCUT2D eigenvalue weighted by Crippen LogP contribution is -2.44. The molecule has 0 fully saturated rings. The number of carbonyl (C=O) groups is 1.